The first-order chi connectivity index (χ1) is 15.1. The van der Waals surface area contributed by atoms with Crippen LogP contribution in [-0.2, 0) is 17.8 Å². The summed E-state index contributed by atoms with van der Waals surface area (Å²) in [6.45, 7) is 6.89. The van der Waals surface area contributed by atoms with Crippen LogP contribution < -0.4 is 5.32 Å². The van der Waals surface area contributed by atoms with Crippen molar-refractivity contribution < 1.29 is 4.79 Å². The number of aromatic nitrogens is 2. The molecule has 31 heavy (non-hydrogen) atoms. The monoisotopic (exact) mass is 414 g/mol. The molecule has 1 amide bonds. The summed E-state index contributed by atoms with van der Waals surface area (Å²) in [5.74, 6) is 0.0728. The van der Waals surface area contributed by atoms with Crippen LogP contribution in [0.1, 0.15) is 35.6 Å². The molecular weight excluding hydrogens is 384 g/mol. The Morgan fingerprint density at radius 3 is 2.48 bits per heavy atom. The molecule has 1 aliphatic heterocycles. The summed E-state index contributed by atoms with van der Waals surface area (Å²) in [5.41, 5.74) is 7.21. The minimum atomic E-state index is 0.0728. The van der Waals surface area contributed by atoms with Gasteiger partial charge in [-0.15, -0.1) is 0 Å². The molecule has 0 atom stereocenters. The van der Waals surface area contributed by atoms with E-state index in [-0.39, 0.29) is 5.91 Å². The Balaban J connectivity index is 1.28. The lowest BCUT2D eigenvalue weighted by atomic mass is 10.0. The van der Waals surface area contributed by atoms with Crippen LogP contribution in [-0.4, -0.2) is 40.2 Å². The van der Waals surface area contributed by atoms with Gasteiger partial charge in [0.25, 0.3) is 0 Å². The van der Waals surface area contributed by atoms with Crippen LogP contribution in [0, 0.1) is 6.92 Å². The molecule has 0 bridgehead atoms. The largest absolute Gasteiger partial charge is 0.351 e. The molecule has 1 N–H and O–H groups in total. The summed E-state index contributed by atoms with van der Waals surface area (Å²) in [7, 11) is 0. The Hall–Kier alpha value is -3.18. The molecule has 0 fully saturated rings. The minimum Gasteiger partial charge on any atom is -0.351 e. The highest BCUT2D eigenvalue weighted by molar-refractivity contribution is 5.78. The fraction of sp³-hybridized carbons (Fsp3) is 0.308. The second kappa shape index (κ2) is 9.75. The lowest BCUT2D eigenvalue weighted by Crippen LogP contribution is -2.39. The van der Waals surface area contributed by atoms with Crippen LogP contribution in [0.5, 0.6) is 0 Å². The predicted octanol–water partition coefficient (Wildman–Crippen LogP) is 4.15. The van der Waals surface area contributed by atoms with E-state index in [1.54, 1.807) is 0 Å². The van der Waals surface area contributed by atoms with Gasteiger partial charge in [0.2, 0.25) is 5.91 Å². The molecule has 160 valence electrons. The standard InChI is InChI=1S/C26H30N4O/c1-3-21-6-8-22(9-7-21)16-27-26(31)19-29-14-12-23(13-15-29)24-17-28-30(18-24)25-10-4-20(2)5-11-25/h4-12,17-18H,3,13-16,19H2,1-2H3,(H,27,31). The third-order valence-corrected chi connectivity index (χ3v) is 5.83. The summed E-state index contributed by atoms with van der Waals surface area (Å²) < 4.78 is 1.92. The molecular formula is C26H30N4O. The number of amides is 1. The van der Waals surface area contributed by atoms with Crippen molar-refractivity contribution in [3.63, 3.8) is 0 Å². The van der Waals surface area contributed by atoms with Crippen molar-refractivity contribution in [3.8, 4) is 5.69 Å². The highest BCUT2D eigenvalue weighted by Gasteiger charge is 2.16. The molecule has 0 saturated carbocycles. The summed E-state index contributed by atoms with van der Waals surface area (Å²) in [5, 5.41) is 7.56. The maximum Gasteiger partial charge on any atom is 0.234 e. The van der Waals surface area contributed by atoms with Crippen LogP contribution in [0.3, 0.4) is 0 Å². The quantitative estimate of drug-likeness (QED) is 0.632. The summed E-state index contributed by atoms with van der Waals surface area (Å²) in [6.07, 6.45) is 8.19. The molecule has 0 aliphatic carbocycles. The first-order valence-corrected chi connectivity index (χ1v) is 11.0. The number of rotatable bonds is 7. The number of aryl methyl sites for hydroxylation is 2. The average Bonchev–Trinajstić information content (AvgIpc) is 3.29. The zero-order valence-corrected chi connectivity index (χ0v) is 18.3. The van der Waals surface area contributed by atoms with Gasteiger partial charge in [-0.2, -0.15) is 5.10 Å². The van der Waals surface area contributed by atoms with Crippen LogP contribution in [0.25, 0.3) is 11.3 Å². The Labute approximate surface area is 184 Å². The van der Waals surface area contributed by atoms with Gasteiger partial charge < -0.3 is 5.32 Å². The fourth-order valence-electron chi connectivity index (χ4n) is 3.80. The van der Waals surface area contributed by atoms with Crippen LogP contribution in [0.15, 0.2) is 67.0 Å². The van der Waals surface area contributed by atoms with Crippen molar-refractivity contribution in [2.24, 2.45) is 0 Å². The van der Waals surface area contributed by atoms with E-state index >= 15 is 0 Å². The number of nitrogens with zero attached hydrogens (tertiary/aromatic N) is 3. The van der Waals surface area contributed by atoms with Crippen LogP contribution >= 0.6 is 0 Å². The first-order valence-electron chi connectivity index (χ1n) is 11.0. The van der Waals surface area contributed by atoms with Gasteiger partial charge in [0.15, 0.2) is 0 Å². The Morgan fingerprint density at radius 1 is 1.06 bits per heavy atom. The molecule has 2 heterocycles. The molecule has 4 rings (SSSR count). The number of hydrogen-bond acceptors (Lipinski definition) is 3. The van der Waals surface area contributed by atoms with Gasteiger partial charge >= 0.3 is 0 Å². The maximum atomic E-state index is 12.4. The van der Waals surface area contributed by atoms with Gasteiger partial charge in [-0.1, -0.05) is 55.0 Å². The average molecular weight is 415 g/mol. The Morgan fingerprint density at radius 2 is 1.81 bits per heavy atom. The van der Waals surface area contributed by atoms with Gasteiger partial charge in [0.05, 0.1) is 18.4 Å². The van der Waals surface area contributed by atoms with Gasteiger partial charge in [0.1, 0.15) is 0 Å². The molecule has 1 aromatic heterocycles. The number of carbonyl (C=O) groups excluding carboxylic acids is 1. The predicted molar refractivity (Wildman–Crippen MR) is 125 cm³/mol. The lowest BCUT2D eigenvalue weighted by Gasteiger charge is -2.25. The van der Waals surface area contributed by atoms with E-state index in [4.69, 9.17) is 0 Å². The summed E-state index contributed by atoms with van der Waals surface area (Å²) in [4.78, 5) is 14.5. The van der Waals surface area contributed by atoms with Crippen molar-refractivity contribution in [2.45, 2.75) is 33.2 Å². The van der Waals surface area contributed by atoms with E-state index < -0.39 is 0 Å². The zero-order chi connectivity index (χ0) is 21.6. The first kappa shape index (κ1) is 21.1. The molecule has 0 spiro atoms. The maximum absolute atomic E-state index is 12.4. The van der Waals surface area contributed by atoms with Crippen molar-refractivity contribution in [3.05, 3.63) is 89.3 Å². The topological polar surface area (TPSA) is 50.2 Å². The fourth-order valence-corrected chi connectivity index (χ4v) is 3.80. The highest BCUT2D eigenvalue weighted by atomic mass is 16.2. The van der Waals surface area contributed by atoms with Crippen molar-refractivity contribution in [2.75, 3.05) is 19.6 Å². The second-order valence-electron chi connectivity index (χ2n) is 8.17. The molecule has 0 saturated heterocycles. The van der Waals surface area contributed by atoms with E-state index in [1.165, 1.54) is 16.7 Å². The van der Waals surface area contributed by atoms with E-state index in [0.29, 0.717) is 13.1 Å². The molecule has 3 aromatic rings. The molecule has 5 heteroatoms. The molecule has 0 unspecified atom stereocenters. The molecule has 5 nitrogen and oxygen atoms in total. The summed E-state index contributed by atoms with van der Waals surface area (Å²) in [6, 6.07) is 16.8. The molecule has 2 aromatic carbocycles. The van der Waals surface area contributed by atoms with E-state index in [9.17, 15) is 4.79 Å². The molecule has 1 aliphatic rings. The zero-order valence-electron chi connectivity index (χ0n) is 18.3. The smallest absolute Gasteiger partial charge is 0.234 e. The Kier molecular flexibility index (Phi) is 6.63. The van der Waals surface area contributed by atoms with E-state index in [2.05, 4.69) is 90.0 Å². The summed E-state index contributed by atoms with van der Waals surface area (Å²) >= 11 is 0. The van der Waals surface area contributed by atoms with Gasteiger partial charge in [-0.05, 0) is 48.6 Å². The number of hydrogen-bond donors (Lipinski definition) is 1. The van der Waals surface area contributed by atoms with Crippen molar-refractivity contribution in [1.82, 2.24) is 20.0 Å². The minimum absolute atomic E-state index is 0.0728. The third-order valence-electron chi connectivity index (χ3n) is 5.83. The number of carbonyl (C=O) groups is 1. The van der Waals surface area contributed by atoms with Crippen LogP contribution in [0.4, 0.5) is 0 Å². The Bertz CT molecular complexity index is 1050. The van der Waals surface area contributed by atoms with Gasteiger partial charge in [-0.25, -0.2) is 4.68 Å². The normalized spacial score (nSPS) is 14.3. The second-order valence-corrected chi connectivity index (χ2v) is 8.17. The SMILES string of the molecule is CCc1ccc(CNC(=O)CN2CC=C(c3cnn(-c4ccc(C)cc4)c3)CC2)cc1. The van der Waals surface area contributed by atoms with Crippen molar-refractivity contribution in [1.29, 1.82) is 0 Å². The van der Waals surface area contributed by atoms with E-state index in [1.807, 2.05) is 10.9 Å². The molecule has 0 radical (unpaired) electrons. The third kappa shape index (κ3) is 5.50. The number of benzene rings is 2. The lowest BCUT2D eigenvalue weighted by molar-refractivity contribution is -0.122. The van der Waals surface area contributed by atoms with Crippen molar-refractivity contribution >= 4 is 11.5 Å². The van der Waals surface area contributed by atoms with E-state index in [0.717, 1.165) is 42.7 Å². The van der Waals surface area contributed by atoms with Crippen LogP contribution in [0.2, 0.25) is 0 Å². The van der Waals surface area contributed by atoms with Gasteiger partial charge in [0, 0.05) is 31.4 Å². The number of nitrogens with one attached hydrogen (secondary N) is 1. The van der Waals surface area contributed by atoms with Gasteiger partial charge in [-0.3, -0.25) is 9.69 Å². The highest BCUT2D eigenvalue weighted by Crippen LogP contribution is 2.23.